The van der Waals surface area contributed by atoms with Crippen LogP contribution in [0.2, 0.25) is 5.02 Å². The zero-order chi connectivity index (χ0) is 26.9. The Kier molecular flexibility index (Phi) is 15.8. The van der Waals surface area contributed by atoms with Crippen molar-refractivity contribution in [2.24, 2.45) is 0 Å². The topological polar surface area (TPSA) is 128 Å². The Morgan fingerprint density at radius 2 is 1.16 bits per heavy atom. The van der Waals surface area contributed by atoms with Crippen LogP contribution in [0.5, 0.6) is 0 Å². The molecule has 0 bridgehead atoms. The Morgan fingerprint density at radius 1 is 0.684 bits per heavy atom. The molecule has 0 unspecified atom stereocenters. The van der Waals surface area contributed by atoms with E-state index in [-0.39, 0.29) is 21.1 Å². The summed E-state index contributed by atoms with van der Waals surface area (Å²) in [5.41, 5.74) is 3.20. The number of halogens is 1. The number of aromatic nitrogens is 5. The normalized spacial score (nSPS) is 8.97. The van der Waals surface area contributed by atoms with Crippen molar-refractivity contribution in [2.75, 3.05) is 0 Å². The molecule has 0 amide bonds. The van der Waals surface area contributed by atoms with Crippen molar-refractivity contribution in [1.29, 1.82) is 0 Å². The van der Waals surface area contributed by atoms with Gasteiger partial charge in [-0.1, -0.05) is 48.0 Å². The standard InChI is InChI=1S/C15H10ClN3.2C5H5NS.HNO3.Pt/c16-11-7-9-18-15(10-11)14-6-3-5-13(19-14)12-4-1-2-8-17-12;2*7-5-1-3-6-4-2-5;2-1(3)4;/h1-10H;2*1-4H,(H,6,7);(H,2,3,4);/q;;;;+2/p-2. The average Bonchev–Trinajstić information content (AvgIpc) is 2.91. The molecule has 5 heterocycles. The minimum Gasteiger partial charge on any atom is -0.780 e. The predicted octanol–water partition coefficient (Wildman–Crippen LogP) is 5.48. The molecule has 0 aliphatic heterocycles. The summed E-state index contributed by atoms with van der Waals surface area (Å²) in [5.74, 6) is 0. The zero-order valence-corrected chi connectivity index (χ0v) is 24.0. The van der Waals surface area contributed by atoms with Gasteiger partial charge in [-0.25, -0.2) is 4.98 Å². The van der Waals surface area contributed by atoms with E-state index in [0.717, 1.165) is 32.6 Å². The van der Waals surface area contributed by atoms with Gasteiger partial charge in [-0.2, -0.15) is 9.79 Å². The molecule has 0 radical (unpaired) electrons. The Morgan fingerprint density at radius 3 is 1.58 bits per heavy atom. The van der Waals surface area contributed by atoms with Gasteiger partial charge in [-0.15, -0.1) is 10.1 Å². The van der Waals surface area contributed by atoms with Crippen molar-refractivity contribution in [3.05, 3.63) is 125 Å². The number of rotatable bonds is 2. The van der Waals surface area contributed by atoms with Gasteiger partial charge in [0.15, 0.2) is 0 Å². The molecule has 9 nitrogen and oxygen atoms in total. The molecule has 5 rings (SSSR count). The van der Waals surface area contributed by atoms with E-state index in [1.165, 1.54) is 0 Å². The van der Waals surface area contributed by atoms with E-state index in [0.29, 0.717) is 5.02 Å². The smallest absolute Gasteiger partial charge is 0.780 e. The summed E-state index contributed by atoms with van der Waals surface area (Å²) in [6.07, 6.45) is 10.2. The van der Waals surface area contributed by atoms with Gasteiger partial charge in [0.25, 0.3) is 5.09 Å². The third-order valence-electron chi connectivity index (χ3n) is 3.96. The monoisotopic (exact) mass is 745 g/mol. The molecule has 0 aromatic carbocycles. The van der Waals surface area contributed by atoms with Gasteiger partial charge in [-0.05, 0) is 36.4 Å². The Hall–Kier alpha value is -3.63. The fourth-order valence-corrected chi connectivity index (χ4v) is 2.86. The number of hydrogen-bond acceptors (Lipinski definition) is 9. The summed E-state index contributed by atoms with van der Waals surface area (Å²) < 4.78 is 0. The van der Waals surface area contributed by atoms with Crippen molar-refractivity contribution in [3.8, 4) is 22.8 Å². The van der Waals surface area contributed by atoms with Crippen LogP contribution in [0.1, 0.15) is 0 Å². The molecule has 0 saturated heterocycles. The second-order valence-electron chi connectivity index (χ2n) is 6.59. The summed E-state index contributed by atoms with van der Waals surface area (Å²) in [4.78, 5) is 30.7. The van der Waals surface area contributed by atoms with Gasteiger partial charge in [0, 0.05) is 42.2 Å². The molecule has 5 aromatic rings. The van der Waals surface area contributed by atoms with Crippen LogP contribution in [0.3, 0.4) is 0 Å². The van der Waals surface area contributed by atoms with E-state index in [1.54, 1.807) is 73.6 Å². The molecule has 0 atom stereocenters. The molecular weight excluding hydrogens is 727 g/mol. The van der Waals surface area contributed by atoms with Crippen LogP contribution in [-0.2, 0) is 46.3 Å². The maximum atomic E-state index is 8.36. The summed E-state index contributed by atoms with van der Waals surface area (Å²) in [5, 5.41) is 14.3. The van der Waals surface area contributed by atoms with Crippen LogP contribution in [0.25, 0.3) is 22.8 Å². The molecule has 1 N–H and O–H groups in total. The SMILES string of the molecule is Clc1ccnc(-c2cccc(-c3ccccn3)n2)c1.O=[N+]([O-])O.[Pt+2].[S-]c1ccncc1.[S-]c1ccncc1. The van der Waals surface area contributed by atoms with Crippen molar-refractivity contribution in [1.82, 2.24) is 24.9 Å². The van der Waals surface area contributed by atoms with Crippen LogP contribution in [0, 0.1) is 10.1 Å². The zero-order valence-electron chi connectivity index (χ0n) is 19.3. The first-order valence-corrected chi connectivity index (χ1v) is 11.5. The van der Waals surface area contributed by atoms with Crippen LogP contribution >= 0.6 is 11.6 Å². The Balaban J connectivity index is 0.000000313. The van der Waals surface area contributed by atoms with Gasteiger partial charge in [0.05, 0.1) is 22.8 Å². The maximum absolute atomic E-state index is 8.36. The van der Waals surface area contributed by atoms with Crippen molar-refractivity contribution < 1.29 is 31.4 Å². The molecule has 0 aliphatic carbocycles. The summed E-state index contributed by atoms with van der Waals surface area (Å²) in [6.45, 7) is 0. The third-order valence-corrected chi connectivity index (χ3v) is 4.74. The second kappa shape index (κ2) is 18.6. The van der Waals surface area contributed by atoms with Gasteiger partial charge < -0.3 is 30.5 Å². The first kappa shape index (κ1) is 32.4. The molecule has 196 valence electrons. The maximum Gasteiger partial charge on any atom is 2.00 e. The van der Waals surface area contributed by atoms with Crippen molar-refractivity contribution >= 4 is 36.9 Å². The summed E-state index contributed by atoms with van der Waals surface area (Å²) in [7, 11) is 0. The van der Waals surface area contributed by atoms with E-state index in [4.69, 9.17) is 52.2 Å². The minimum atomic E-state index is -1.50. The number of pyridine rings is 5. The molecule has 0 spiro atoms. The van der Waals surface area contributed by atoms with E-state index >= 15 is 0 Å². The van der Waals surface area contributed by atoms with E-state index in [9.17, 15) is 0 Å². The molecule has 0 fully saturated rings. The van der Waals surface area contributed by atoms with Gasteiger partial charge >= 0.3 is 21.1 Å². The Labute approximate surface area is 249 Å². The second-order valence-corrected chi connectivity index (χ2v) is 7.97. The molecule has 38 heavy (non-hydrogen) atoms. The molecule has 5 aromatic heterocycles. The fraction of sp³-hybridized carbons (Fsp3) is 0. The quantitative estimate of drug-likeness (QED) is 0.141. The van der Waals surface area contributed by atoms with Gasteiger partial charge in [0.2, 0.25) is 0 Å². The number of nitrogens with zero attached hydrogens (tertiary/aromatic N) is 6. The molecular formula is C25H19ClN6O3PtS2. The summed E-state index contributed by atoms with van der Waals surface area (Å²) in [6, 6.07) is 22.2. The van der Waals surface area contributed by atoms with E-state index < -0.39 is 5.09 Å². The molecule has 0 aliphatic rings. The Bertz CT molecular complexity index is 1320. The fourth-order valence-electron chi connectivity index (χ4n) is 2.46. The minimum absolute atomic E-state index is 0. The van der Waals surface area contributed by atoms with Crippen LogP contribution in [-0.4, -0.2) is 35.2 Å². The first-order chi connectivity index (χ1) is 17.8. The average molecular weight is 746 g/mol. The predicted molar refractivity (Wildman–Crippen MR) is 144 cm³/mol. The molecule has 13 heteroatoms. The van der Waals surface area contributed by atoms with Crippen molar-refractivity contribution in [2.45, 2.75) is 9.79 Å². The third kappa shape index (κ3) is 13.6. The largest absolute Gasteiger partial charge is 2.00 e. The summed E-state index contributed by atoms with van der Waals surface area (Å²) >= 11 is 15.5. The van der Waals surface area contributed by atoms with Gasteiger partial charge in [0.1, 0.15) is 0 Å². The first-order valence-electron chi connectivity index (χ1n) is 10.3. The van der Waals surface area contributed by atoms with Crippen LogP contribution in [0.4, 0.5) is 0 Å². The van der Waals surface area contributed by atoms with Gasteiger partial charge in [-0.3, -0.25) is 19.9 Å². The number of hydrogen-bond donors (Lipinski definition) is 1. The van der Waals surface area contributed by atoms with E-state index in [1.807, 2.05) is 36.4 Å². The van der Waals surface area contributed by atoms with Crippen LogP contribution in [0.15, 0.2) is 120 Å². The van der Waals surface area contributed by atoms with E-state index in [2.05, 4.69) is 24.9 Å². The van der Waals surface area contributed by atoms with Crippen LogP contribution < -0.4 is 0 Å². The van der Waals surface area contributed by atoms with Crippen molar-refractivity contribution in [3.63, 3.8) is 0 Å². The molecule has 0 saturated carbocycles.